The summed E-state index contributed by atoms with van der Waals surface area (Å²) in [5.41, 5.74) is 4.42. The summed E-state index contributed by atoms with van der Waals surface area (Å²) in [6.45, 7) is 6.29. The standard InChI is InChI=1S/C25H27N5O5.C22H26N4O4/c1-25(7-5-9-30(14-25)20(31)6-8-26)23(32)16-12-27-24-21(16)29-17(13-28-24)15-10-18(33-2)22(35-4)19(11-15)34-3;1-22(6-5-7-23-12-22)20(27)14-10-24-21-18(14)26-15(11-25-21)13-8-16(28-2)19(30-4)17(9-13)29-3/h10-13H,5-7,9,14H2,1-4H3,(H,27,28);8-11,23H,5-7,12H2,1-4H3,(H,24,25). The highest BCUT2D eigenvalue weighted by molar-refractivity contribution is 6.10. The van der Waals surface area contributed by atoms with Crippen LogP contribution < -0.4 is 33.7 Å². The van der Waals surface area contributed by atoms with E-state index in [1.807, 2.05) is 32.0 Å². The molecule has 2 aliphatic heterocycles. The van der Waals surface area contributed by atoms with E-state index < -0.39 is 10.8 Å². The third-order valence-electron chi connectivity index (χ3n) is 12.1. The van der Waals surface area contributed by atoms with Crippen LogP contribution in [0.3, 0.4) is 0 Å². The number of ether oxygens (including phenoxy) is 6. The van der Waals surface area contributed by atoms with Crippen molar-refractivity contribution in [1.82, 2.24) is 40.1 Å². The van der Waals surface area contributed by atoms with Crippen molar-refractivity contribution in [3.05, 3.63) is 60.2 Å². The number of hydrogen-bond donors (Lipinski definition) is 3. The lowest BCUT2D eigenvalue weighted by molar-refractivity contribution is -0.132. The lowest BCUT2D eigenvalue weighted by Crippen LogP contribution is -2.48. The van der Waals surface area contributed by atoms with E-state index in [0.29, 0.717) is 111 Å². The molecular weight excluding hydrogens is 835 g/mol. The third kappa shape index (κ3) is 8.96. The minimum absolute atomic E-state index is 0.0808. The van der Waals surface area contributed by atoms with Crippen molar-refractivity contribution in [2.75, 3.05) is 68.8 Å². The molecule has 18 heteroatoms. The summed E-state index contributed by atoms with van der Waals surface area (Å²) in [5.74, 6) is 2.69. The Hall–Kier alpha value is -7.26. The summed E-state index contributed by atoms with van der Waals surface area (Å²) >= 11 is 0. The van der Waals surface area contributed by atoms with Gasteiger partial charge in [0.25, 0.3) is 0 Å². The summed E-state index contributed by atoms with van der Waals surface area (Å²) < 4.78 is 32.6. The quantitative estimate of drug-likeness (QED) is 0.104. The van der Waals surface area contributed by atoms with E-state index in [2.05, 4.69) is 25.3 Å². The number of methoxy groups -OCH3 is 6. The minimum Gasteiger partial charge on any atom is -0.493 e. The van der Waals surface area contributed by atoms with Gasteiger partial charge in [0.15, 0.2) is 45.9 Å². The van der Waals surface area contributed by atoms with Gasteiger partial charge in [-0.2, -0.15) is 5.26 Å². The van der Waals surface area contributed by atoms with E-state index >= 15 is 0 Å². The number of rotatable bonds is 13. The highest BCUT2D eigenvalue weighted by Gasteiger charge is 2.41. The van der Waals surface area contributed by atoms with Crippen LogP contribution in [0.2, 0.25) is 0 Å². The minimum atomic E-state index is -0.789. The van der Waals surface area contributed by atoms with Crippen molar-refractivity contribution in [2.45, 2.75) is 46.0 Å². The molecule has 6 aromatic rings. The smallest absolute Gasteiger partial charge is 0.236 e. The second-order valence-corrected chi connectivity index (χ2v) is 16.5. The summed E-state index contributed by atoms with van der Waals surface area (Å²) in [4.78, 5) is 65.5. The van der Waals surface area contributed by atoms with E-state index in [-0.39, 0.29) is 30.4 Å². The van der Waals surface area contributed by atoms with Gasteiger partial charge in [-0.25, -0.2) is 19.9 Å². The first-order valence-corrected chi connectivity index (χ1v) is 21.1. The van der Waals surface area contributed by atoms with Gasteiger partial charge in [0.1, 0.15) is 17.5 Å². The number of carbonyl (C=O) groups excluding carboxylic acids is 3. The van der Waals surface area contributed by atoms with Crippen molar-refractivity contribution < 1.29 is 42.8 Å². The maximum Gasteiger partial charge on any atom is 0.236 e. The lowest BCUT2D eigenvalue weighted by Gasteiger charge is -2.39. The number of fused-ring (bicyclic) bond motifs is 2. The Balaban J connectivity index is 0.000000196. The number of H-pyrrole nitrogens is 2. The van der Waals surface area contributed by atoms with Crippen LogP contribution in [0.25, 0.3) is 44.8 Å². The lowest BCUT2D eigenvalue weighted by atomic mass is 9.76. The number of piperidine rings is 2. The van der Waals surface area contributed by atoms with Crippen LogP contribution in [0.15, 0.2) is 49.1 Å². The molecule has 2 aromatic carbocycles. The zero-order valence-corrected chi connectivity index (χ0v) is 37.8. The van der Waals surface area contributed by atoms with Gasteiger partial charge in [0.2, 0.25) is 17.4 Å². The number of nitrogens with zero attached hydrogens (tertiary/aromatic N) is 6. The highest BCUT2D eigenvalue weighted by atomic mass is 16.5. The molecule has 2 fully saturated rings. The molecule has 2 unspecified atom stereocenters. The predicted molar refractivity (Wildman–Crippen MR) is 241 cm³/mol. The second kappa shape index (κ2) is 19.2. The van der Waals surface area contributed by atoms with Crippen molar-refractivity contribution in [3.8, 4) is 63.1 Å². The molecule has 2 saturated heterocycles. The Bertz CT molecular complexity index is 2740. The largest absolute Gasteiger partial charge is 0.493 e. The fourth-order valence-corrected chi connectivity index (χ4v) is 8.58. The fourth-order valence-electron chi connectivity index (χ4n) is 8.58. The van der Waals surface area contributed by atoms with Crippen LogP contribution in [0, 0.1) is 22.2 Å². The number of benzene rings is 2. The van der Waals surface area contributed by atoms with E-state index in [4.69, 9.17) is 43.7 Å². The number of carbonyl (C=O) groups is 3. The molecule has 18 nitrogen and oxygen atoms in total. The Morgan fingerprint density at radius 2 is 1.15 bits per heavy atom. The number of likely N-dealkylation sites (tertiary alicyclic amines) is 1. The molecule has 2 atom stereocenters. The number of hydrogen-bond acceptors (Lipinski definition) is 15. The Labute approximate surface area is 376 Å². The molecular formula is C47H53N9O9. The van der Waals surface area contributed by atoms with Gasteiger partial charge in [0.05, 0.1) is 83.6 Å². The Kier molecular flexibility index (Phi) is 13.5. The second-order valence-electron chi connectivity index (χ2n) is 16.5. The van der Waals surface area contributed by atoms with Crippen LogP contribution in [0.1, 0.15) is 66.7 Å². The molecule has 3 N–H and O–H groups in total. The van der Waals surface area contributed by atoms with E-state index in [1.54, 1.807) is 63.1 Å². The first-order chi connectivity index (χ1) is 31.3. The van der Waals surface area contributed by atoms with E-state index in [0.717, 1.165) is 24.9 Å². The number of ketones is 2. The van der Waals surface area contributed by atoms with Crippen molar-refractivity contribution in [2.24, 2.45) is 10.8 Å². The first-order valence-electron chi connectivity index (χ1n) is 21.1. The zero-order chi connectivity index (χ0) is 46.5. The van der Waals surface area contributed by atoms with Crippen LogP contribution >= 0.6 is 0 Å². The number of aromatic nitrogens is 6. The number of Topliss-reactive ketones (excluding diaryl/α,β-unsaturated/α-hetero) is 2. The first kappa shape index (κ1) is 45.8. The van der Waals surface area contributed by atoms with Gasteiger partial charge >= 0.3 is 0 Å². The molecule has 0 saturated carbocycles. The van der Waals surface area contributed by atoms with Gasteiger partial charge in [-0.05, 0) is 56.5 Å². The molecule has 4 aromatic heterocycles. The van der Waals surface area contributed by atoms with Crippen LogP contribution in [0.4, 0.5) is 0 Å². The Morgan fingerprint density at radius 1 is 0.692 bits per heavy atom. The van der Waals surface area contributed by atoms with E-state index in [1.165, 1.54) is 21.3 Å². The van der Waals surface area contributed by atoms with Crippen LogP contribution in [-0.4, -0.2) is 121 Å². The topological polar surface area (TPSA) is 229 Å². The van der Waals surface area contributed by atoms with Gasteiger partial charge in [-0.15, -0.1) is 0 Å². The van der Waals surface area contributed by atoms with Gasteiger partial charge < -0.3 is 48.6 Å². The normalized spacial score (nSPS) is 18.2. The maximum atomic E-state index is 13.7. The Morgan fingerprint density at radius 3 is 1.57 bits per heavy atom. The van der Waals surface area contributed by atoms with Crippen LogP contribution in [0.5, 0.6) is 34.5 Å². The average molecular weight is 888 g/mol. The summed E-state index contributed by atoms with van der Waals surface area (Å²) in [6.07, 6.45) is 9.56. The number of aromatic amines is 2. The molecule has 6 heterocycles. The molecule has 65 heavy (non-hydrogen) atoms. The predicted octanol–water partition coefficient (Wildman–Crippen LogP) is 6.60. The zero-order valence-electron chi connectivity index (χ0n) is 37.8. The van der Waals surface area contributed by atoms with Crippen molar-refractivity contribution in [3.63, 3.8) is 0 Å². The van der Waals surface area contributed by atoms with Crippen LogP contribution in [-0.2, 0) is 4.79 Å². The average Bonchev–Trinajstić information content (AvgIpc) is 3.97. The van der Waals surface area contributed by atoms with Crippen molar-refractivity contribution in [1.29, 1.82) is 5.26 Å². The number of amides is 1. The van der Waals surface area contributed by atoms with Gasteiger partial charge in [-0.1, -0.05) is 13.8 Å². The van der Waals surface area contributed by atoms with Gasteiger partial charge in [-0.3, -0.25) is 14.4 Å². The maximum absolute atomic E-state index is 13.7. The fraction of sp³-hybridized carbons (Fsp3) is 0.404. The molecule has 0 radical (unpaired) electrons. The van der Waals surface area contributed by atoms with E-state index in [9.17, 15) is 14.4 Å². The van der Waals surface area contributed by atoms with Crippen molar-refractivity contribution >= 4 is 39.8 Å². The number of nitrogens with one attached hydrogen (secondary N) is 3. The number of nitriles is 1. The molecule has 0 bridgehead atoms. The molecule has 8 rings (SSSR count). The summed E-state index contributed by atoms with van der Waals surface area (Å²) in [6, 6.07) is 9.07. The molecule has 340 valence electrons. The molecule has 1 amide bonds. The van der Waals surface area contributed by atoms with Gasteiger partial charge in [0, 0.05) is 54.0 Å². The highest BCUT2D eigenvalue weighted by Crippen LogP contribution is 2.43. The monoisotopic (exact) mass is 887 g/mol. The summed E-state index contributed by atoms with van der Waals surface area (Å²) in [7, 11) is 9.30. The molecule has 0 spiro atoms. The summed E-state index contributed by atoms with van der Waals surface area (Å²) in [5, 5.41) is 12.2. The molecule has 2 aliphatic rings. The molecule has 0 aliphatic carbocycles. The SMILES string of the molecule is COc1cc(-c2cnc3[nH]cc(C(=O)C4(C)CCCN(C(=O)CC#N)C4)c3n2)cc(OC)c1OC.COc1cc(-c2cnc3[nH]cc(C(=O)C4(C)CCCNC4)c3n2)cc(OC)c1OC. The third-order valence-corrected chi connectivity index (χ3v) is 12.1.